The van der Waals surface area contributed by atoms with Crippen LogP contribution in [0.25, 0.3) is 0 Å². The number of rotatable bonds is 5. The zero-order valence-electron chi connectivity index (χ0n) is 15.0. The van der Waals surface area contributed by atoms with Gasteiger partial charge in [0.2, 0.25) is 5.91 Å². The molecule has 27 heavy (non-hydrogen) atoms. The van der Waals surface area contributed by atoms with E-state index < -0.39 is 11.0 Å². The Balaban J connectivity index is 1.71. The fourth-order valence-corrected chi connectivity index (χ4v) is 4.44. The monoisotopic (exact) mass is 395 g/mol. The molecule has 2 aliphatic rings. The van der Waals surface area contributed by atoms with Crippen molar-refractivity contribution in [1.29, 1.82) is 0 Å². The third-order valence-electron chi connectivity index (χ3n) is 5.46. The SMILES string of the molecule is COC(=O)C1CC2CCCCC2N1CC(=O)Nc1ccc([N+](=O)[O-])cc1Cl. The molecule has 0 radical (unpaired) electrons. The van der Waals surface area contributed by atoms with Crippen LogP contribution < -0.4 is 5.32 Å². The molecule has 1 aromatic carbocycles. The van der Waals surface area contributed by atoms with Gasteiger partial charge in [0.15, 0.2) is 0 Å². The molecule has 3 atom stereocenters. The summed E-state index contributed by atoms with van der Waals surface area (Å²) in [5.74, 6) is -0.227. The summed E-state index contributed by atoms with van der Waals surface area (Å²) in [7, 11) is 1.36. The van der Waals surface area contributed by atoms with Crippen LogP contribution in [0, 0.1) is 16.0 Å². The second kappa shape index (κ2) is 8.22. The lowest BCUT2D eigenvalue weighted by molar-refractivity contribution is -0.384. The van der Waals surface area contributed by atoms with Crippen molar-refractivity contribution in [3.63, 3.8) is 0 Å². The second-order valence-electron chi connectivity index (χ2n) is 7.03. The van der Waals surface area contributed by atoms with E-state index in [1.54, 1.807) is 0 Å². The number of nitrogens with zero attached hydrogens (tertiary/aromatic N) is 2. The van der Waals surface area contributed by atoms with Crippen molar-refractivity contribution in [3.05, 3.63) is 33.3 Å². The minimum absolute atomic E-state index is 0.0499. The third kappa shape index (κ3) is 4.22. The van der Waals surface area contributed by atoms with Gasteiger partial charge in [0.25, 0.3) is 5.69 Å². The molecular formula is C18H22ClN3O5. The quantitative estimate of drug-likeness (QED) is 0.467. The zero-order chi connectivity index (χ0) is 19.6. The summed E-state index contributed by atoms with van der Waals surface area (Å²) < 4.78 is 4.93. The van der Waals surface area contributed by atoms with Gasteiger partial charge in [-0.15, -0.1) is 0 Å². The summed E-state index contributed by atoms with van der Waals surface area (Å²) in [6, 6.07) is 3.67. The highest BCUT2D eigenvalue weighted by atomic mass is 35.5. The van der Waals surface area contributed by atoms with E-state index in [4.69, 9.17) is 16.3 Å². The van der Waals surface area contributed by atoms with E-state index in [0.29, 0.717) is 18.0 Å². The molecule has 8 nitrogen and oxygen atoms in total. The van der Waals surface area contributed by atoms with Crippen molar-refractivity contribution in [3.8, 4) is 0 Å². The number of halogens is 1. The molecule has 1 aliphatic carbocycles. The maximum Gasteiger partial charge on any atom is 0.323 e. The Morgan fingerprint density at radius 1 is 1.37 bits per heavy atom. The fraction of sp³-hybridized carbons (Fsp3) is 0.556. The predicted octanol–water partition coefficient (Wildman–Crippen LogP) is 2.99. The topological polar surface area (TPSA) is 102 Å². The van der Waals surface area contributed by atoms with Crippen LogP contribution in [0.3, 0.4) is 0 Å². The van der Waals surface area contributed by atoms with Gasteiger partial charge >= 0.3 is 5.97 Å². The molecule has 1 amide bonds. The number of esters is 1. The average molecular weight is 396 g/mol. The number of amides is 1. The Kier molecular flexibility index (Phi) is 5.96. The molecule has 0 spiro atoms. The molecule has 0 aromatic heterocycles. The molecule has 9 heteroatoms. The lowest BCUT2D eigenvalue weighted by Crippen LogP contribution is -2.46. The van der Waals surface area contributed by atoms with Crippen LogP contribution in [0.5, 0.6) is 0 Å². The van der Waals surface area contributed by atoms with Crippen molar-refractivity contribution < 1.29 is 19.2 Å². The molecule has 3 unspecified atom stereocenters. The van der Waals surface area contributed by atoms with Crippen LogP contribution in [-0.2, 0) is 14.3 Å². The molecule has 1 aromatic rings. The molecule has 1 N–H and O–H groups in total. The minimum Gasteiger partial charge on any atom is -0.468 e. The van der Waals surface area contributed by atoms with Crippen LogP contribution in [0.4, 0.5) is 11.4 Å². The second-order valence-corrected chi connectivity index (χ2v) is 7.44. The summed E-state index contributed by atoms with van der Waals surface area (Å²) in [5.41, 5.74) is 0.162. The Hall–Kier alpha value is -2.19. The molecule has 1 saturated carbocycles. The number of nitro benzene ring substituents is 1. The Labute approximate surface area is 162 Å². The number of non-ortho nitro benzene ring substituents is 1. The third-order valence-corrected chi connectivity index (χ3v) is 5.77. The number of likely N-dealkylation sites (tertiary alicyclic amines) is 1. The first kappa shape index (κ1) is 19.6. The van der Waals surface area contributed by atoms with Crippen LogP contribution in [0.1, 0.15) is 32.1 Å². The van der Waals surface area contributed by atoms with E-state index in [-0.39, 0.29) is 35.2 Å². The summed E-state index contributed by atoms with van der Waals surface area (Å²) in [4.78, 5) is 36.9. The highest BCUT2D eigenvalue weighted by Crippen LogP contribution is 2.40. The van der Waals surface area contributed by atoms with Crippen molar-refractivity contribution in [2.45, 2.75) is 44.2 Å². The average Bonchev–Trinajstić information content (AvgIpc) is 3.01. The summed E-state index contributed by atoms with van der Waals surface area (Å²) >= 11 is 6.04. The number of fused-ring (bicyclic) bond motifs is 1. The van der Waals surface area contributed by atoms with Crippen molar-refractivity contribution in [1.82, 2.24) is 4.90 Å². The minimum atomic E-state index is -0.550. The molecule has 146 valence electrons. The van der Waals surface area contributed by atoms with Gasteiger partial charge < -0.3 is 10.1 Å². The van der Waals surface area contributed by atoms with E-state index >= 15 is 0 Å². The van der Waals surface area contributed by atoms with Gasteiger partial charge in [-0.05, 0) is 31.2 Å². The lowest BCUT2D eigenvalue weighted by atomic mass is 9.85. The number of benzene rings is 1. The Morgan fingerprint density at radius 2 is 2.11 bits per heavy atom. The first-order valence-corrected chi connectivity index (χ1v) is 9.36. The maximum absolute atomic E-state index is 12.6. The highest BCUT2D eigenvalue weighted by molar-refractivity contribution is 6.34. The largest absolute Gasteiger partial charge is 0.468 e. The summed E-state index contributed by atoms with van der Waals surface area (Å²) in [6.45, 7) is 0.0499. The van der Waals surface area contributed by atoms with Gasteiger partial charge in [0, 0.05) is 18.2 Å². The molecule has 3 rings (SSSR count). The molecule has 1 aliphatic heterocycles. The normalized spacial score (nSPS) is 24.9. The number of hydrogen-bond acceptors (Lipinski definition) is 6. The maximum atomic E-state index is 12.6. The zero-order valence-corrected chi connectivity index (χ0v) is 15.8. The number of nitro groups is 1. The molecule has 2 fully saturated rings. The van der Waals surface area contributed by atoms with Crippen LogP contribution in [0.2, 0.25) is 5.02 Å². The number of anilines is 1. The molecular weight excluding hydrogens is 374 g/mol. The van der Waals surface area contributed by atoms with Gasteiger partial charge in [-0.2, -0.15) is 0 Å². The van der Waals surface area contributed by atoms with Crippen LogP contribution in [0.15, 0.2) is 18.2 Å². The molecule has 0 bridgehead atoms. The van der Waals surface area contributed by atoms with Gasteiger partial charge in [-0.1, -0.05) is 24.4 Å². The van der Waals surface area contributed by atoms with Gasteiger partial charge in [-0.3, -0.25) is 24.6 Å². The standard InChI is InChI=1S/C18H22ClN3O5/c1-27-18(24)16-8-11-4-2-3-5-15(11)21(16)10-17(23)20-14-7-6-12(22(25)26)9-13(14)19/h6-7,9,11,15-16H,2-5,8,10H2,1H3,(H,20,23). The van der Waals surface area contributed by atoms with E-state index in [2.05, 4.69) is 5.32 Å². The number of methoxy groups -OCH3 is 1. The van der Waals surface area contributed by atoms with Crippen LogP contribution >= 0.6 is 11.6 Å². The van der Waals surface area contributed by atoms with Gasteiger partial charge in [0.1, 0.15) is 6.04 Å². The fourth-order valence-electron chi connectivity index (χ4n) is 4.22. The van der Waals surface area contributed by atoms with E-state index in [1.165, 1.54) is 25.3 Å². The Bertz CT molecular complexity index is 757. The van der Waals surface area contributed by atoms with Crippen molar-refractivity contribution in [2.24, 2.45) is 5.92 Å². The number of nitrogens with one attached hydrogen (secondary N) is 1. The smallest absolute Gasteiger partial charge is 0.323 e. The first-order valence-electron chi connectivity index (χ1n) is 8.98. The number of ether oxygens (including phenoxy) is 1. The van der Waals surface area contributed by atoms with Crippen LogP contribution in [-0.4, -0.2) is 47.4 Å². The summed E-state index contributed by atoms with van der Waals surface area (Å²) in [6.07, 6.45) is 4.96. The highest BCUT2D eigenvalue weighted by Gasteiger charge is 2.46. The first-order chi connectivity index (χ1) is 12.9. The number of carbonyl (C=O) groups excluding carboxylic acids is 2. The number of carbonyl (C=O) groups is 2. The number of hydrogen-bond donors (Lipinski definition) is 1. The lowest BCUT2D eigenvalue weighted by Gasteiger charge is -2.32. The van der Waals surface area contributed by atoms with Crippen molar-refractivity contribution >= 4 is 34.9 Å². The van der Waals surface area contributed by atoms with E-state index in [1.807, 2.05) is 4.90 Å². The molecule has 1 saturated heterocycles. The van der Waals surface area contributed by atoms with E-state index in [9.17, 15) is 19.7 Å². The predicted molar refractivity (Wildman–Crippen MR) is 99.6 cm³/mol. The van der Waals surface area contributed by atoms with E-state index in [0.717, 1.165) is 25.7 Å². The molecule has 1 heterocycles. The Morgan fingerprint density at radius 3 is 2.78 bits per heavy atom. The van der Waals surface area contributed by atoms with Gasteiger partial charge in [0.05, 0.1) is 29.3 Å². The summed E-state index contributed by atoms with van der Waals surface area (Å²) in [5, 5.41) is 13.6. The van der Waals surface area contributed by atoms with Crippen molar-refractivity contribution in [2.75, 3.05) is 19.0 Å². The van der Waals surface area contributed by atoms with Gasteiger partial charge in [-0.25, -0.2) is 0 Å².